The molecule has 0 saturated carbocycles. The highest BCUT2D eigenvalue weighted by Gasteiger charge is 2.12. The first kappa shape index (κ1) is 14.6. The Morgan fingerprint density at radius 1 is 0.900 bits per heavy atom. The molecule has 0 spiro atoms. The topological polar surface area (TPSA) is 21.3 Å². The smallest absolute Gasteiger partial charge is 0.118 e. The van der Waals surface area contributed by atoms with Crippen molar-refractivity contribution in [3.63, 3.8) is 0 Å². The van der Waals surface area contributed by atoms with E-state index in [-0.39, 0.29) is 0 Å². The minimum Gasteiger partial charge on any atom is -0.497 e. The molecule has 2 unspecified atom stereocenters. The predicted octanol–water partition coefficient (Wildman–Crippen LogP) is 4.42. The van der Waals surface area contributed by atoms with E-state index in [9.17, 15) is 0 Å². The SMILES string of the molecule is COc1ccc(C(C)NC(C)c2ccccc2C)cc1. The van der Waals surface area contributed by atoms with Gasteiger partial charge in [0.05, 0.1) is 7.11 Å². The number of ether oxygens (including phenoxy) is 1. The van der Waals surface area contributed by atoms with E-state index in [2.05, 4.69) is 62.5 Å². The lowest BCUT2D eigenvalue weighted by atomic mass is 10.0. The van der Waals surface area contributed by atoms with Crippen LogP contribution in [0.4, 0.5) is 0 Å². The molecule has 0 aromatic heterocycles. The summed E-state index contributed by atoms with van der Waals surface area (Å²) in [6, 6.07) is 17.4. The highest BCUT2D eigenvalue weighted by Crippen LogP contribution is 2.23. The molecule has 2 heteroatoms. The average Bonchev–Trinajstić information content (AvgIpc) is 2.47. The predicted molar refractivity (Wildman–Crippen MR) is 84.1 cm³/mol. The lowest BCUT2D eigenvalue weighted by molar-refractivity contribution is 0.414. The van der Waals surface area contributed by atoms with Crippen LogP contribution in [0.2, 0.25) is 0 Å². The van der Waals surface area contributed by atoms with Crippen LogP contribution in [0.15, 0.2) is 48.5 Å². The molecule has 106 valence electrons. The minimum absolute atomic E-state index is 0.301. The zero-order valence-corrected chi connectivity index (χ0v) is 12.7. The molecule has 0 bridgehead atoms. The first-order valence-corrected chi connectivity index (χ1v) is 7.07. The fraction of sp³-hybridized carbons (Fsp3) is 0.333. The van der Waals surface area contributed by atoms with Crippen molar-refractivity contribution in [3.05, 3.63) is 65.2 Å². The van der Waals surface area contributed by atoms with Crippen LogP contribution in [0.5, 0.6) is 5.75 Å². The largest absolute Gasteiger partial charge is 0.497 e. The van der Waals surface area contributed by atoms with Crippen molar-refractivity contribution in [1.29, 1.82) is 0 Å². The summed E-state index contributed by atoms with van der Waals surface area (Å²) in [5, 5.41) is 3.65. The zero-order valence-electron chi connectivity index (χ0n) is 12.7. The number of hydrogen-bond acceptors (Lipinski definition) is 2. The van der Waals surface area contributed by atoms with Crippen LogP contribution >= 0.6 is 0 Å². The monoisotopic (exact) mass is 269 g/mol. The van der Waals surface area contributed by atoms with Gasteiger partial charge < -0.3 is 10.1 Å². The molecular formula is C18H23NO. The van der Waals surface area contributed by atoms with Crippen molar-refractivity contribution in [3.8, 4) is 5.75 Å². The maximum atomic E-state index is 5.19. The number of aryl methyl sites for hydroxylation is 1. The Hall–Kier alpha value is -1.80. The fourth-order valence-corrected chi connectivity index (χ4v) is 2.53. The summed E-state index contributed by atoms with van der Waals surface area (Å²) in [6.45, 7) is 6.56. The normalized spacial score (nSPS) is 13.8. The summed E-state index contributed by atoms with van der Waals surface area (Å²) in [5.74, 6) is 0.896. The van der Waals surface area contributed by atoms with Crippen LogP contribution in [0.1, 0.15) is 42.6 Å². The Morgan fingerprint density at radius 2 is 1.55 bits per heavy atom. The van der Waals surface area contributed by atoms with Gasteiger partial charge in [-0.25, -0.2) is 0 Å². The van der Waals surface area contributed by atoms with E-state index in [1.807, 2.05) is 12.1 Å². The van der Waals surface area contributed by atoms with Crippen LogP contribution in [0, 0.1) is 6.92 Å². The van der Waals surface area contributed by atoms with Gasteiger partial charge >= 0.3 is 0 Å². The lowest BCUT2D eigenvalue weighted by Gasteiger charge is -2.22. The van der Waals surface area contributed by atoms with Crippen molar-refractivity contribution in [1.82, 2.24) is 5.32 Å². The molecule has 0 aliphatic rings. The molecule has 0 heterocycles. The molecule has 0 fully saturated rings. The minimum atomic E-state index is 0.301. The second-order valence-electron chi connectivity index (χ2n) is 5.24. The molecule has 2 aromatic carbocycles. The third-order valence-corrected chi connectivity index (χ3v) is 3.77. The summed E-state index contributed by atoms with van der Waals surface area (Å²) in [5.41, 5.74) is 3.95. The molecule has 1 N–H and O–H groups in total. The van der Waals surface area contributed by atoms with Gasteiger partial charge in [-0.3, -0.25) is 0 Å². The van der Waals surface area contributed by atoms with Crippen LogP contribution < -0.4 is 10.1 Å². The van der Waals surface area contributed by atoms with E-state index in [1.165, 1.54) is 16.7 Å². The van der Waals surface area contributed by atoms with E-state index in [4.69, 9.17) is 4.74 Å². The van der Waals surface area contributed by atoms with Crippen molar-refractivity contribution < 1.29 is 4.74 Å². The second-order valence-corrected chi connectivity index (χ2v) is 5.24. The number of nitrogens with one attached hydrogen (secondary N) is 1. The molecule has 0 amide bonds. The molecular weight excluding hydrogens is 246 g/mol. The molecule has 0 saturated heterocycles. The number of methoxy groups -OCH3 is 1. The molecule has 0 aliphatic heterocycles. The molecule has 0 aliphatic carbocycles. The molecule has 2 aromatic rings. The molecule has 20 heavy (non-hydrogen) atoms. The summed E-state index contributed by atoms with van der Waals surface area (Å²) >= 11 is 0. The van der Waals surface area contributed by atoms with E-state index in [0.29, 0.717) is 12.1 Å². The van der Waals surface area contributed by atoms with Gasteiger partial charge in [-0.2, -0.15) is 0 Å². The zero-order chi connectivity index (χ0) is 14.5. The highest BCUT2D eigenvalue weighted by atomic mass is 16.5. The summed E-state index contributed by atoms with van der Waals surface area (Å²) in [6.07, 6.45) is 0. The quantitative estimate of drug-likeness (QED) is 0.867. The standard InChI is InChI=1S/C18H23NO/c1-13-7-5-6-8-18(13)15(3)19-14(2)16-9-11-17(20-4)12-10-16/h5-12,14-15,19H,1-4H3. The molecule has 2 nitrogen and oxygen atoms in total. The maximum absolute atomic E-state index is 5.19. The van der Waals surface area contributed by atoms with Gasteiger partial charge in [0.2, 0.25) is 0 Å². The Bertz CT molecular complexity index is 548. The number of rotatable bonds is 5. The second kappa shape index (κ2) is 6.58. The molecule has 2 atom stereocenters. The molecule has 2 rings (SSSR count). The van der Waals surface area contributed by atoms with Gasteiger partial charge in [-0.1, -0.05) is 36.4 Å². The van der Waals surface area contributed by atoms with Crippen molar-refractivity contribution >= 4 is 0 Å². The first-order valence-electron chi connectivity index (χ1n) is 7.07. The molecule has 0 radical (unpaired) electrons. The number of benzene rings is 2. The Kier molecular flexibility index (Phi) is 4.80. The van der Waals surface area contributed by atoms with E-state index >= 15 is 0 Å². The van der Waals surface area contributed by atoms with E-state index < -0.39 is 0 Å². The Labute approximate surface area is 121 Å². The van der Waals surface area contributed by atoms with Gasteiger partial charge in [0.1, 0.15) is 5.75 Å². The van der Waals surface area contributed by atoms with Crippen molar-refractivity contribution in [2.75, 3.05) is 7.11 Å². The van der Waals surface area contributed by atoms with E-state index in [0.717, 1.165) is 5.75 Å². The Balaban J connectivity index is 2.06. The Morgan fingerprint density at radius 3 is 2.15 bits per heavy atom. The third kappa shape index (κ3) is 3.40. The lowest BCUT2D eigenvalue weighted by Crippen LogP contribution is -2.23. The van der Waals surface area contributed by atoms with Crippen LogP contribution in [-0.4, -0.2) is 7.11 Å². The van der Waals surface area contributed by atoms with Crippen LogP contribution in [0.3, 0.4) is 0 Å². The van der Waals surface area contributed by atoms with Gasteiger partial charge in [-0.15, -0.1) is 0 Å². The van der Waals surface area contributed by atoms with Gasteiger partial charge in [0.15, 0.2) is 0 Å². The third-order valence-electron chi connectivity index (χ3n) is 3.77. The van der Waals surface area contributed by atoms with Crippen LogP contribution in [-0.2, 0) is 0 Å². The average molecular weight is 269 g/mol. The summed E-state index contributed by atoms with van der Waals surface area (Å²) < 4.78 is 5.19. The van der Waals surface area contributed by atoms with Gasteiger partial charge in [0.25, 0.3) is 0 Å². The first-order chi connectivity index (χ1) is 9.61. The van der Waals surface area contributed by atoms with Gasteiger partial charge in [-0.05, 0) is 49.6 Å². The van der Waals surface area contributed by atoms with Crippen molar-refractivity contribution in [2.45, 2.75) is 32.9 Å². The number of hydrogen-bond donors (Lipinski definition) is 1. The highest BCUT2D eigenvalue weighted by molar-refractivity contribution is 5.31. The van der Waals surface area contributed by atoms with E-state index in [1.54, 1.807) is 7.11 Å². The van der Waals surface area contributed by atoms with Gasteiger partial charge in [0, 0.05) is 12.1 Å². The fourth-order valence-electron chi connectivity index (χ4n) is 2.53. The maximum Gasteiger partial charge on any atom is 0.118 e. The van der Waals surface area contributed by atoms with Crippen LogP contribution in [0.25, 0.3) is 0 Å². The summed E-state index contributed by atoms with van der Waals surface area (Å²) in [4.78, 5) is 0. The summed E-state index contributed by atoms with van der Waals surface area (Å²) in [7, 11) is 1.69. The van der Waals surface area contributed by atoms with Crippen molar-refractivity contribution in [2.24, 2.45) is 0 Å².